The zero-order valence-corrected chi connectivity index (χ0v) is 11.0. The van der Waals surface area contributed by atoms with E-state index in [1.165, 1.54) is 25.7 Å². The maximum absolute atomic E-state index is 4.47. The Balaban J connectivity index is 1.86. The van der Waals surface area contributed by atoms with Gasteiger partial charge in [-0.2, -0.15) is 4.80 Å². The number of aromatic nitrogens is 4. The van der Waals surface area contributed by atoms with Crippen molar-refractivity contribution in [3.63, 3.8) is 0 Å². The normalized spacial score (nSPS) is 16.5. The van der Waals surface area contributed by atoms with Crippen molar-refractivity contribution in [2.24, 2.45) is 0 Å². The zero-order valence-electron chi connectivity index (χ0n) is 9.38. The summed E-state index contributed by atoms with van der Waals surface area (Å²) < 4.78 is 1.06. The summed E-state index contributed by atoms with van der Waals surface area (Å²) in [6.07, 6.45) is 4.91. The summed E-state index contributed by atoms with van der Waals surface area (Å²) in [6.45, 7) is 0. The van der Waals surface area contributed by atoms with Gasteiger partial charge in [-0.25, -0.2) is 0 Å². The summed E-state index contributed by atoms with van der Waals surface area (Å²) in [7, 11) is 0. The molecule has 0 aliphatic heterocycles. The molecule has 1 aliphatic rings. The van der Waals surface area contributed by atoms with Crippen LogP contribution in [0.15, 0.2) is 28.7 Å². The van der Waals surface area contributed by atoms with Gasteiger partial charge < -0.3 is 0 Å². The molecule has 0 N–H and O–H groups in total. The minimum atomic E-state index is 0.451. The largest absolute Gasteiger partial charge is 0.204 e. The van der Waals surface area contributed by atoms with Gasteiger partial charge in [0.05, 0.1) is 6.04 Å². The van der Waals surface area contributed by atoms with Crippen molar-refractivity contribution in [3.05, 3.63) is 28.7 Å². The zero-order chi connectivity index (χ0) is 11.7. The van der Waals surface area contributed by atoms with Crippen LogP contribution in [0.1, 0.15) is 31.7 Å². The summed E-state index contributed by atoms with van der Waals surface area (Å²) in [5, 5.41) is 12.8. The lowest BCUT2D eigenvalue weighted by Gasteiger charge is -2.04. The Morgan fingerprint density at radius 3 is 2.53 bits per heavy atom. The van der Waals surface area contributed by atoms with E-state index in [2.05, 4.69) is 31.3 Å². The summed E-state index contributed by atoms with van der Waals surface area (Å²) in [4.78, 5) is 1.78. The maximum atomic E-state index is 4.47. The van der Waals surface area contributed by atoms with Crippen LogP contribution >= 0.6 is 15.9 Å². The average molecular weight is 293 g/mol. The number of hydrogen-bond donors (Lipinski definition) is 0. The Morgan fingerprint density at radius 1 is 1.12 bits per heavy atom. The van der Waals surface area contributed by atoms with Crippen LogP contribution in [-0.2, 0) is 0 Å². The highest BCUT2D eigenvalue weighted by atomic mass is 79.9. The van der Waals surface area contributed by atoms with Gasteiger partial charge in [0.25, 0.3) is 0 Å². The molecular formula is C12H13BrN4. The molecule has 0 atom stereocenters. The quantitative estimate of drug-likeness (QED) is 0.854. The van der Waals surface area contributed by atoms with Crippen LogP contribution in [0.2, 0.25) is 0 Å². The first kappa shape index (κ1) is 10.9. The topological polar surface area (TPSA) is 43.6 Å². The highest BCUT2D eigenvalue weighted by Crippen LogP contribution is 2.28. The first-order valence-electron chi connectivity index (χ1n) is 5.88. The Bertz CT molecular complexity index is 499. The van der Waals surface area contributed by atoms with Crippen molar-refractivity contribution in [2.45, 2.75) is 31.7 Å². The van der Waals surface area contributed by atoms with E-state index >= 15 is 0 Å². The van der Waals surface area contributed by atoms with Crippen molar-refractivity contribution in [1.29, 1.82) is 0 Å². The Kier molecular flexibility index (Phi) is 2.93. The predicted molar refractivity (Wildman–Crippen MR) is 68.5 cm³/mol. The summed E-state index contributed by atoms with van der Waals surface area (Å²) in [6, 6.07) is 8.43. The van der Waals surface area contributed by atoms with E-state index in [9.17, 15) is 0 Å². The second kappa shape index (κ2) is 4.56. The minimum Gasteiger partial charge on any atom is -0.161 e. The van der Waals surface area contributed by atoms with Gasteiger partial charge in [-0.3, -0.25) is 0 Å². The van der Waals surface area contributed by atoms with Crippen LogP contribution < -0.4 is 0 Å². The maximum Gasteiger partial charge on any atom is 0.204 e. The second-order valence-electron chi connectivity index (χ2n) is 4.38. The Hall–Kier alpha value is -1.23. The highest BCUT2D eigenvalue weighted by molar-refractivity contribution is 9.10. The molecule has 1 heterocycles. The Labute approximate surface area is 108 Å². The molecule has 1 saturated carbocycles. The lowest BCUT2D eigenvalue weighted by molar-refractivity contribution is 0.405. The van der Waals surface area contributed by atoms with Crippen molar-refractivity contribution in [3.8, 4) is 11.4 Å². The Morgan fingerprint density at radius 2 is 1.82 bits per heavy atom. The lowest BCUT2D eigenvalue weighted by atomic mass is 10.2. The molecule has 1 aliphatic carbocycles. The summed E-state index contributed by atoms with van der Waals surface area (Å²) in [5.74, 6) is 0.712. The molecule has 0 spiro atoms. The fourth-order valence-corrected chi connectivity index (χ4v) is 2.49. The lowest BCUT2D eigenvalue weighted by Crippen LogP contribution is -2.08. The molecule has 0 radical (unpaired) electrons. The van der Waals surface area contributed by atoms with Gasteiger partial charge in [0.15, 0.2) is 0 Å². The smallest absolute Gasteiger partial charge is 0.161 e. The molecule has 1 aromatic carbocycles. The van der Waals surface area contributed by atoms with Crippen LogP contribution in [0.3, 0.4) is 0 Å². The number of tetrazole rings is 1. The van der Waals surface area contributed by atoms with Crippen LogP contribution in [0.4, 0.5) is 0 Å². The van der Waals surface area contributed by atoms with E-state index < -0.39 is 0 Å². The van der Waals surface area contributed by atoms with Crippen LogP contribution in [-0.4, -0.2) is 20.2 Å². The van der Waals surface area contributed by atoms with Crippen LogP contribution in [0.25, 0.3) is 11.4 Å². The standard InChI is InChI=1S/C12H13BrN4/c13-10-7-5-9(6-8-10)12-14-16-17(15-12)11-3-1-2-4-11/h5-8,11H,1-4H2. The molecule has 17 heavy (non-hydrogen) atoms. The first-order valence-corrected chi connectivity index (χ1v) is 6.68. The van der Waals surface area contributed by atoms with Crippen LogP contribution in [0.5, 0.6) is 0 Å². The van der Waals surface area contributed by atoms with Crippen molar-refractivity contribution < 1.29 is 0 Å². The minimum absolute atomic E-state index is 0.451. The van der Waals surface area contributed by atoms with E-state index in [0.29, 0.717) is 11.9 Å². The van der Waals surface area contributed by atoms with Gasteiger partial charge in [-0.1, -0.05) is 28.8 Å². The molecule has 1 fully saturated rings. The number of benzene rings is 1. The van der Waals surface area contributed by atoms with E-state index in [1.54, 1.807) is 4.80 Å². The van der Waals surface area contributed by atoms with Gasteiger partial charge in [-0.05, 0) is 42.3 Å². The average Bonchev–Trinajstić information content (AvgIpc) is 3.00. The van der Waals surface area contributed by atoms with Crippen molar-refractivity contribution in [2.75, 3.05) is 0 Å². The second-order valence-corrected chi connectivity index (χ2v) is 5.29. The van der Waals surface area contributed by atoms with Crippen molar-refractivity contribution >= 4 is 15.9 Å². The monoisotopic (exact) mass is 292 g/mol. The predicted octanol–water partition coefficient (Wildman–Crippen LogP) is 3.22. The van der Waals surface area contributed by atoms with Gasteiger partial charge in [-0.15, -0.1) is 10.2 Å². The van der Waals surface area contributed by atoms with Gasteiger partial charge in [0, 0.05) is 10.0 Å². The number of nitrogens with zero attached hydrogens (tertiary/aromatic N) is 4. The van der Waals surface area contributed by atoms with Gasteiger partial charge >= 0.3 is 0 Å². The van der Waals surface area contributed by atoms with E-state index in [4.69, 9.17) is 0 Å². The highest BCUT2D eigenvalue weighted by Gasteiger charge is 2.19. The third-order valence-corrected chi connectivity index (χ3v) is 3.71. The number of hydrogen-bond acceptors (Lipinski definition) is 3. The summed E-state index contributed by atoms with van der Waals surface area (Å²) in [5.41, 5.74) is 1.01. The molecule has 1 aromatic heterocycles. The van der Waals surface area contributed by atoms with E-state index in [-0.39, 0.29) is 0 Å². The summed E-state index contributed by atoms with van der Waals surface area (Å²) >= 11 is 3.42. The molecule has 3 rings (SSSR count). The number of halogens is 1. The molecule has 4 nitrogen and oxygen atoms in total. The van der Waals surface area contributed by atoms with E-state index in [0.717, 1.165) is 10.0 Å². The molecule has 0 amide bonds. The SMILES string of the molecule is Brc1ccc(-c2nnn(C3CCCC3)n2)cc1. The molecule has 88 valence electrons. The molecule has 2 aromatic rings. The van der Waals surface area contributed by atoms with Gasteiger partial charge in [0.2, 0.25) is 5.82 Å². The fourth-order valence-electron chi connectivity index (χ4n) is 2.23. The first-order chi connectivity index (χ1) is 8.33. The van der Waals surface area contributed by atoms with E-state index in [1.807, 2.05) is 24.3 Å². The van der Waals surface area contributed by atoms with Crippen molar-refractivity contribution in [1.82, 2.24) is 20.2 Å². The molecule has 0 saturated heterocycles. The molecule has 5 heteroatoms. The molecule has 0 bridgehead atoms. The third kappa shape index (κ3) is 2.24. The molecule has 0 unspecified atom stereocenters. The molecular weight excluding hydrogens is 280 g/mol. The third-order valence-electron chi connectivity index (χ3n) is 3.18. The van der Waals surface area contributed by atoms with Crippen LogP contribution in [0, 0.1) is 0 Å². The van der Waals surface area contributed by atoms with Gasteiger partial charge in [0.1, 0.15) is 0 Å². The number of rotatable bonds is 2. The fraction of sp³-hybridized carbons (Fsp3) is 0.417.